The van der Waals surface area contributed by atoms with E-state index in [0.29, 0.717) is 6.04 Å². The minimum Gasteiger partial charge on any atom is -0.468 e. The number of rotatable bonds is 5. The first-order valence-corrected chi connectivity index (χ1v) is 6.10. The summed E-state index contributed by atoms with van der Waals surface area (Å²) in [6.07, 6.45) is 1.73. The van der Waals surface area contributed by atoms with Crippen molar-refractivity contribution in [3.63, 3.8) is 0 Å². The Morgan fingerprint density at radius 3 is 2.93 bits per heavy atom. The van der Waals surface area contributed by atoms with Crippen molar-refractivity contribution in [1.29, 1.82) is 0 Å². The van der Waals surface area contributed by atoms with Crippen molar-refractivity contribution in [2.24, 2.45) is 5.73 Å². The molecule has 2 heterocycles. The molecular formula is C10H16N2OS. The van der Waals surface area contributed by atoms with Crippen LogP contribution < -0.4 is 5.73 Å². The Kier molecular flexibility index (Phi) is 3.50. The maximum atomic E-state index is 5.60. The number of furan rings is 1. The summed E-state index contributed by atoms with van der Waals surface area (Å²) >= 11 is 2.00. The summed E-state index contributed by atoms with van der Waals surface area (Å²) in [4.78, 5) is 2.41. The average molecular weight is 212 g/mol. The molecule has 78 valence electrons. The van der Waals surface area contributed by atoms with E-state index in [-0.39, 0.29) is 0 Å². The summed E-state index contributed by atoms with van der Waals surface area (Å²) in [6.45, 7) is 2.59. The fraction of sp³-hybridized carbons (Fsp3) is 0.600. The van der Waals surface area contributed by atoms with E-state index in [9.17, 15) is 0 Å². The molecule has 4 heteroatoms. The van der Waals surface area contributed by atoms with Crippen molar-refractivity contribution >= 4 is 11.8 Å². The lowest BCUT2D eigenvalue weighted by Crippen LogP contribution is -2.45. The van der Waals surface area contributed by atoms with E-state index in [1.807, 2.05) is 23.9 Å². The largest absolute Gasteiger partial charge is 0.468 e. The van der Waals surface area contributed by atoms with E-state index in [0.717, 1.165) is 25.4 Å². The molecule has 14 heavy (non-hydrogen) atoms. The van der Waals surface area contributed by atoms with Crippen LogP contribution >= 0.6 is 11.8 Å². The second-order valence-electron chi connectivity index (χ2n) is 3.53. The van der Waals surface area contributed by atoms with Gasteiger partial charge in [-0.05, 0) is 12.1 Å². The molecule has 0 aliphatic carbocycles. The number of hydrogen-bond acceptors (Lipinski definition) is 4. The van der Waals surface area contributed by atoms with Gasteiger partial charge in [0, 0.05) is 30.6 Å². The number of nitrogens with two attached hydrogens (primary N) is 1. The normalized spacial score (nSPS) is 17.3. The molecule has 0 amide bonds. The third kappa shape index (κ3) is 2.32. The van der Waals surface area contributed by atoms with Gasteiger partial charge in [0.25, 0.3) is 0 Å². The fourth-order valence-corrected chi connectivity index (χ4v) is 2.46. The second-order valence-corrected chi connectivity index (χ2v) is 4.60. The Hall–Kier alpha value is -0.450. The lowest BCUT2D eigenvalue weighted by molar-refractivity contribution is 0.201. The van der Waals surface area contributed by atoms with Gasteiger partial charge in [-0.3, -0.25) is 4.90 Å². The molecule has 1 aromatic rings. The molecular weight excluding hydrogens is 196 g/mol. The average Bonchev–Trinajstić information content (AvgIpc) is 2.54. The zero-order chi connectivity index (χ0) is 9.80. The summed E-state index contributed by atoms with van der Waals surface area (Å²) in [7, 11) is 0. The SMILES string of the molecule is NCCN(Cc1ccco1)C1CSC1. The highest BCUT2D eigenvalue weighted by Crippen LogP contribution is 2.24. The van der Waals surface area contributed by atoms with Crippen LogP contribution in [0.5, 0.6) is 0 Å². The van der Waals surface area contributed by atoms with Crippen molar-refractivity contribution in [3.05, 3.63) is 24.2 Å². The monoisotopic (exact) mass is 212 g/mol. The quantitative estimate of drug-likeness (QED) is 0.795. The van der Waals surface area contributed by atoms with Gasteiger partial charge in [-0.2, -0.15) is 11.8 Å². The maximum absolute atomic E-state index is 5.60. The van der Waals surface area contributed by atoms with Crippen molar-refractivity contribution in [2.75, 3.05) is 24.6 Å². The van der Waals surface area contributed by atoms with Crippen molar-refractivity contribution < 1.29 is 4.42 Å². The first kappa shape index (κ1) is 10.1. The number of hydrogen-bond donors (Lipinski definition) is 1. The van der Waals surface area contributed by atoms with E-state index in [4.69, 9.17) is 10.2 Å². The second kappa shape index (κ2) is 4.87. The zero-order valence-electron chi connectivity index (χ0n) is 8.19. The van der Waals surface area contributed by atoms with Gasteiger partial charge in [-0.1, -0.05) is 0 Å². The molecule has 2 rings (SSSR count). The lowest BCUT2D eigenvalue weighted by atomic mass is 10.2. The van der Waals surface area contributed by atoms with Gasteiger partial charge in [-0.25, -0.2) is 0 Å². The molecule has 0 bridgehead atoms. The van der Waals surface area contributed by atoms with Crippen LogP contribution in [-0.2, 0) is 6.54 Å². The summed E-state index contributed by atoms with van der Waals surface area (Å²) in [5, 5.41) is 0. The predicted octanol–water partition coefficient (Wildman–Crippen LogP) is 1.16. The highest BCUT2D eigenvalue weighted by atomic mass is 32.2. The van der Waals surface area contributed by atoms with E-state index in [1.54, 1.807) is 6.26 Å². The highest BCUT2D eigenvalue weighted by molar-refractivity contribution is 8.00. The molecule has 0 saturated carbocycles. The first-order valence-electron chi connectivity index (χ1n) is 4.94. The Morgan fingerprint density at radius 1 is 1.57 bits per heavy atom. The third-order valence-electron chi connectivity index (χ3n) is 2.49. The molecule has 1 fully saturated rings. The minimum atomic E-state index is 0.702. The summed E-state index contributed by atoms with van der Waals surface area (Å²) in [6, 6.07) is 4.66. The van der Waals surface area contributed by atoms with Crippen LogP contribution in [0.1, 0.15) is 5.76 Å². The molecule has 0 unspecified atom stereocenters. The van der Waals surface area contributed by atoms with Gasteiger partial charge in [-0.15, -0.1) is 0 Å². The van der Waals surface area contributed by atoms with Gasteiger partial charge in [0.05, 0.1) is 12.8 Å². The first-order chi connectivity index (χ1) is 6.90. The summed E-state index contributed by atoms with van der Waals surface area (Å²) < 4.78 is 5.34. The van der Waals surface area contributed by atoms with Gasteiger partial charge in [0.1, 0.15) is 5.76 Å². The molecule has 1 aromatic heterocycles. The van der Waals surface area contributed by atoms with Crippen molar-refractivity contribution in [3.8, 4) is 0 Å². The molecule has 3 nitrogen and oxygen atoms in total. The highest BCUT2D eigenvalue weighted by Gasteiger charge is 2.25. The Morgan fingerprint density at radius 2 is 2.43 bits per heavy atom. The number of nitrogens with zero attached hydrogens (tertiary/aromatic N) is 1. The van der Waals surface area contributed by atoms with Gasteiger partial charge in [0.2, 0.25) is 0 Å². The molecule has 1 aliphatic heterocycles. The molecule has 0 spiro atoms. The summed E-state index contributed by atoms with van der Waals surface area (Å²) in [5.41, 5.74) is 5.60. The van der Waals surface area contributed by atoms with E-state index in [2.05, 4.69) is 4.90 Å². The van der Waals surface area contributed by atoms with Gasteiger partial charge >= 0.3 is 0 Å². The van der Waals surface area contributed by atoms with Crippen LogP contribution in [0.25, 0.3) is 0 Å². The van der Waals surface area contributed by atoms with Crippen LogP contribution in [0.4, 0.5) is 0 Å². The van der Waals surface area contributed by atoms with E-state index >= 15 is 0 Å². The smallest absolute Gasteiger partial charge is 0.117 e. The lowest BCUT2D eigenvalue weighted by Gasteiger charge is -2.36. The third-order valence-corrected chi connectivity index (χ3v) is 3.73. The standard InChI is InChI=1S/C10H16N2OS/c11-3-4-12(9-7-14-8-9)6-10-2-1-5-13-10/h1-2,5,9H,3-4,6-8,11H2. The maximum Gasteiger partial charge on any atom is 0.117 e. The van der Waals surface area contributed by atoms with Crippen LogP contribution in [0.2, 0.25) is 0 Å². The van der Waals surface area contributed by atoms with E-state index < -0.39 is 0 Å². The minimum absolute atomic E-state index is 0.702. The van der Waals surface area contributed by atoms with Crippen LogP contribution in [0, 0.1) is 0 Å². The van der Waals surface area contributed by atoms with Crippen LogP contribution in [0.15, 0.2) is 22.8 Å². The number of thioether (sulfide) groups is 1. The molecule has 2 N–H and O–H groups in total. The van der Waals surface area contributed by atoms with Gasteiger partial charge in [0.15, 0.2) is 0 Å². The van der Waals surface area contributed by atoms with Crippen molar-refractivity contribution in [1.82, 2.24) is 4.90 Å². The predicted molar refractivity (Wildman–Crippen MR) is 59.3 cm³/mol. The Balaban J connectivity index is 1.89. The van der Waals surface area contributed by atoms with Crippen LogP contribution in [0.3, 0.4) is 0 Å². The van der Waals surface area contributed by atoms with Gasteiger partial charge < -0.3 is 10.2 Å². The van der Waals surface area contributed by atoms with Crippen LogP contribution in [-0.4, -0.2) is 35.5 Å². The van der Waals surface area contributed by atoms with E-state index in [1.165, 1.54) is 11.5 Å². The topological polar surface area (TPSA) is 42.4 Å². The zero-order valence-corrected chi connectivity index (χ0v) is 9.00. The molecule has 0 atom stereocenters. The van der Waals surface area contributed by atoms with Crippen molar-refractivity contribution in [2.45, 2.75) is 12.6 Å². The molecule has 1 saturated heterocycles. The fourth-order valence-electron chi connectivity index (χ4n) is 1.59. The molecule has 1 aliphatic rings. The molecule has 0 radical (unpaired) electrons. The Labute approximate surface area is 88.6 Å². The summed E-state index contributed by atoms with van der Waals surface area (Å²) in [5.74, 6) is 3.51. The Bertz CT molecular complexity index is 259. The molecule has 0 aromatic carbocycles.